The summed E-state index contributed by atoms with van der Waals surface area (Å²) in [5.41, 5.74) is 2.43. The van der Waals surface area contributed by atoms with Gasteiger partial charge in [0.25, 0.3) is 0 Å². The number of aryl methyl sites for hydroxylation is 2. The smallest absolute Gasteiger partial charge is 0.341 e. The van der Waals surface area contributed by atoms with Gasteiger partial charge in [0.05, 0.1) is 23.4 Å². The summed E-state index contributed by atoms with van der Waals surface area (Å²) in [4.78, 5) is 35.2. The molecule has 0 spiro atoms. The molecule has 0 saturated heterocycles. The average Bonchev–Trinajstić information content (AvgIpc) is 3.26. The molecule has 2 aromatic heterocycles. The summed E-state index contributed by atoms with van der Waals surface area (Å²) in [5.74, 6) is 0.352. The number of rotatable bonds is 6. The number of hydrogen-bond acceptors (Lipinski definition) is 7. The van der Waals surface area contributed by atoms with Gasteiger partial charge < -0.3 is 10.1 Å². The Morgan fingerprint density at radius 2 is 2.07 bits per heavy atom. The molecule has 0 atom stereocenters. The third kappa shape index (κ3) is 4.13. The number of nitrogens with one attached hydrogen (secondary N) is 1. The highest BCUT2D eigenvalue weighted by Gasteiger charge is 2.28. The van der Waals surface area contributed by atoms with Crippen molar-refractivity contribution in [2.24, 2.45) is 0 Å². The Hall–Kier alpha value is -2.45. The van der Waals surface area contributed by atoms with Crippen LogP contribution >= 0.6 is 23.1 Å². The second-order valence-corrected chi connectivity index (χ2v) is 8.78. The van der Waals surface area contributed by atoms with Crippen molar-refractivity contribution in [3.63, 3.8) is 0 Å². The van der Waals surface area contributed by atoms with E-state index in [2.05, 4.69) is 15.3 Å². The van der Waals surface area contributed by atoms with Crippen molar-refractivity contribution >= 4 is 50.9 Å². The number of thioether (sulfide) groups is 1. The van der Waals surface area contributed by atoms with Gasteiger partial charge in [-0.3, -0.25) is 4.79 Å². The molecule has 1 N–H and O–H groups in total. The third-order valence-electron chi connectivity index (χ3n) is 4.67. The molecule has 1 aliphatic carbocycles. The molecule has 0 aliphatic heterocycles. The van der Waals surface area contributed by atoms with Crippen LogP contribution in [0.1, 0.15) is 40.0 Å². The van der Waals surface area contributed by atoms with Crippen LogP contribution in [0, 0.1) is 6.92 Å². The quantitative estimate of drug-likeness (QED) is 0.357. The van der Waals surface area contributed by atoms with Gasteiger partial charge >= 0.3 is 5.97 Å². The second-order valence-electron chi connectivity index (χ2n) is 6.71. The van der Waals surface area contributed by atoms with Gasteiger partial charge in [-0.15, -0.1) is 11.3 Å². The minimum atomic E-state index is -0.354. The minimum Gasteiger partial charge on any atom is -0.462 e. The van der Waals surface area contributed by atoms with Crippen molar-refractivity contribution in [2.45, 2.75) is 38.1 Å². The highest BCUT2D eigenvalue weighted by atomic mass is 32.2. The second kappa shape index (κ2) is 8.51. The van der Waals surface area contributed by atoms with Gasteiger partial charge in [-0.05, 0) is 44.7 Å². The first-order valence-electron chi connectivity index (χ1n) is 9.54. The van der Waals surface area contributed by atoms with Crippen LogP contribution in [0.5, 0.6) is 0 Å². The van der Waals surface area contributed by atoms with Crippen molar-refractivity contribution in [3.05, 3.63) is 46.1 Å². The van der Waals surface area contributed by atoms with Crippen LogP contribution in [-0.4, -0.2) is 34.2 Å². The van der Waals surface area contributed by atoms with E-state index < -0.39 is 0 Å². The standard InChI is InChI=1S/C21H21N3O3S2/c1-3-27-21(26)18-14-8-6-10-16(14)29-20(18)24-17(25)11-28-19-13-7-4-5-9-15(13)22-12(2)23-19/h4-5,7,9H,3,6,8,10-11H2,1-2H3,(H,24,25). The fourth-order valence-corrected chi connectivity index (χ4v) is 5.64. The van der Waals surface area contributed by atoms with Crippen LogP contribution < -0.4 is 5.32 Å². The zero-order valence-electron chi connectivity index (χ0n) is 16.3. The molecule has 29 heavy (non-hydrogen) atoms. The molecule has 1 amide bonds. The number of benzene rings is 1. The Kier molecular flexibility index (Phi) is 5.82. The van der Waals surface area contributed by atoms with E-state index in [1.54, 1.807) is 6.92 Å². The largest absolute Gasteiger partial charge is 0.462 e. The molecule has 1 aromatic carbocycles. The minimum absolute atomic E-state index is 0.166. The Morgan fingerprint density at radius 3 is 2.90 bits per heavy atom. The monoisotopic (exact) mass is 427 g/mol. The normalized spacial score (nSPS) is 12.8. The lowest BCUT2D eigenvalue weighted by molar-refractivity contribution is -0.113. The van der Waals surface area contributed by atoms with Gasteiger partial charge in [0.15, 0.2) is 0 Å². The first-order chi connectivity index (χ1) is 14.1. The Labute approximate surface area is 177 Å². The van der Waals surface area contributed by atoms with Gasteiger partial charge in [0.2, 0.25) is 5.91 Å². The predicted molar refractivity (Wildman–Crippen MR) is 116 cm³/mol. The van der Waals surface area contributed by atoms with Gasteiger partial charge in [0.1, 0.15) is 15.9 Å². The van der Waals surface area contributed by atoms with Crippen LogP contribution in [0.15, 0.2) is 29.3 Å². The number of fused-ring (bicyclic) bond motifs is 2. The molecular formula is C21H21N3O3S2. The van der Waals surface area contributed by atoms with Crippen molar-refractivity contribution in [3.8, 4) is 0 Å². The Bertz CT molecular complexity index is 1090. The number of hydrogen-bond donors (Lipinski definition) is 1. The maximum absolute atomic E-state index is 12.6. The van der Waals surface area contributed by atoms with Crippen LogP contribution in [0.25, 0.3) is 10.9 Å². The number of para-hydroxylation sites is 1. The number of ether oxygens (including phenoxy) is 1. The number of thiophene rings is 1. The number of carbonyl (C=O) groups is 2. The van der Waals surface area contributed by atoms with E-state index in [9.17, 15) is 9.59 Å². The summed E-state index contributed by atoms with van der Waals surface area (Å²) in [6.07, 6.45) is 2.85. The fourth-order valence-electron chi connectivity index (χ4n) is 3.48. The first kappa shape index (κ1) is 19.8. The van der Waals surface area contributed by atoms with Gasteiger partial charge in [-0.25, -0.2) is 14.8 Å². The molecular weight excluding hydrogens is 406 g/mol. The lowest BCUT2D eigenvalue weighted by Crippen LogP contribution is -2.17. The molecule has 0 unspecified atom stereocenters. The van der Waals surface area contributed by atoms with Gasteiger partial charge in [-0.2, -0.15) is 0 Å². The van der Waals surface area contributed by atoms with Crippen LogP contribution in [-0.2, 0) is 22.4 Å². The van der Waals surface area contributed by atoms with Crippen molar-refractivity contribution in [1.29, 1.82) is 0 Å². The van der Waals surface area contributed by atoms with Crippen molar-refractivity contribution in [2.75, 3.05) is 17.7 Å². The van der Waals surface area contributed by atoms with Crippen molar-refractivity contribution in [1.82, 2.24) is 9.97 Å². The summed E-state index contributed by atoms with van der Waals surface area (Å²) in [7, 11) is 0. The molecule has 0 radical (unpaired) electrons. The van der Waals surface area contributed by atoms with Gasteiger partial charge in [-0.1, -0.05) is 30.0 Å². The van der Waals surface area contributed by atoms with E-state index in [0.717, 1.165) is 40.8 Å². The number of aromatic nitrogens is 2. The molecule has 0 saturated carbocycles. The third-order valence-corrected chi connectivity index (χ3v) is 6.87. The lowest BCUT2D eigenvalue weighted by atomic mass is 10.1. The highest BCUT2D eigenvalue weighted by molar-refractivity contribution is 8.00. The number of nitrogens with zero attached hydrogens (tertiary/aromatic N) is 2. The number of carbonyl (C=O) groups excluding carboxylic acids is 2. The Morgan fingerprint density at radius 1 is 1.24 bits per heavy atom. The van der Waals surface area contributed by atoms with E-state index in [1.165, 1.54) is 28.0 Å². The molecule has 3 aromatic rings. The Balaban J connectivity index is 1.51. The SMILES string of the molecule is CCOC(=O)c1c(NC(=O)CSc2nc(C)nc3ccccc23)sc2c1CCC2. The molecule has 6 nitrogen and oxygen atoms in total. The summed E-state index contributed by atoms with van der Waals surface area (Å²) in [6, 6.07) is 7.76. The summed E-state index contributed by atoms with van der Waals surface area (Å²) >= 11 is 2.86. The number of amides is 1. The number of anilines is 1. The van der Waals surface area contributed by atoms with E-state index in [0.29, 0.717) is 23.0 Å². The molecule has 1 aliphatic rings. The van der Waals surface area contributed by atoms with E-state index in [1.807, 2.05) is 31.2 Å². The maximum Gasteiger partial charge on any atom is 0.341 e. The van der Waals surface area contributed by atoms with Crippen LogP contribution in [0.4, 0.5) is 5.00 Å². The van der Waals surface area contributed by atoms with Crippen molar-refractivity contribution < 1.29 is 14.3 Å². The predicted octanol–water partition coefficient (Wildman–Crippen LogP) is 4.40. The molecule has 4 rings (SSSR count). The van der Waals surface area contributed by atoms with E-state index >= 15 is 0 Å². The first-order valence-corrected chi connectivity index (χ1v) is 11.3. The van der Waals surface area contributed by atoms with Crippen LogP contribution in [0.3, 0.4) is 0 Å². The molecule has 0 fully saturated rings. The lowest BCUT2D eigenvalue weighted by Gasteiger charge is -2.09. The molecule has 0 bridgehead atoms. The number of esters is 1. The average molecular weight is 428 g/mol. The van der Waals surface area contributed by atoms with E-state index in [-0.39, 0.29) is 17.6 Å². The maximum atomic E-state index is 12.6. The highest BCUT2D eigenvalue weighted by Crippen LogP contribution is 2.39. The summed E-state index contributed by atoms with van der Waals surface area (Å²) in [6.45, 7) is 3.94. The van der Waals surface area contributed by atoms with Gasteiger partial charge in [0, 0.05) is 10.3 Å². The molecule has 150 valence electrons. The zero-order chi connectivity index (χ0) is 20.4. The zero-order valence-corrected chi connectivity index (χ0v) is 17.9. The molecule has 8 heteroatoms. The summed E-state index contributed by atoms with van der Waals surface area (Å²) < 4.78 is 5.22. The fraction of sp³-hybridized carbons (Fsp3) is 0.333. The van der Waals surface area contributed by atoms with E-state index in [4.69, 9.17) is 4.74 Å². The molecule has 2 heterocycles. The topological polar surface area (TPSA) is 81.2 Å². The van der Waals surface area contributed by atoms with Crippen LogP contribution in [0.2, 0.25) is 0 Å². The summed E-state index contributed by atoms with van der Waals surface area (Å²) in [5, 5.41) is 5.24.